The molecule has 1 aromatic carbocycles. The first kappa shape index (κ1) is 13.0. The minimum atomic E-state index is -0.233. The van der Waals surface area contributed by atoms with Crippen molar-refractivity contribution in [3.05, 3.63) is 29.1 Å². The lowest BCUT2D eigenvalue weighted by molar-refractivity contribution is 0.214. The van der Waals surface area contributed by atoms with Crippen LogP contribution in [0.3, 0.4) is 0 Å². The van der Waals surface area contributed by atoms with Crippen LogP contribution in [0.25, 0.3) is 0 Å². The number of halogens is 1. The Morgan fingerprint density at radius 3 is 2.50 bits per heavy atom. The molecule has 16 heavy (non-hydrogen) atoms. The number of hydrogen-bond acceptors (Lipinski definition) is 2. The average molecular weight is 225 g/mol. The summed E-state index contributed by atoms with van der Waals surface area (Å²) >= 11 is 0. The van der Waals surface area contributed by atoms with E-state index in [0.717, 1.165) is 12.0 Å². The van der Waals surface area contributed by atoms with Crippen LogP contribution < -0.4 is 10.5 Å². The van der Waals surface area contributed by atoms with E-state index in [1.54, 1.807) is 13.0 Å². The van der Waals surface area contributed by atoms with Gasteiger partial charge in [0.15, 0.2) is 0 Å². The maximum atomic E-state index is 13.4. The fourth-order valence-corrected chi connectivity index (χ4v) is 1.43. The van der Waals surface area contributed by atoms with Crippen molar-refractivity contribution in [2.45, 2.75) is 46.3 Å². The molecule has 2 N–H and O–H groups in total. The van der Waals surface area contributed by atoms with E-state index in [1.807, 2.05) is 20.8 Å². The molecule has 3 heteroatoms. The van der Waals surface area contributed by atoms with E-state index >= 15 is 0 Å². The third kappa shape index (κ3) is 2.95. The van der Waals surface area contributed by atoms with Gasteiger partial charge in [0.25, 0.3) is 0 Å². The van der Waals surface area contributed by atoms with Gasteiger partial charge in [-0.3, -0.25) is 0 Å². The highest BCUT2D eigenvalue weighted by molar-refractivity contribution is 5.40. The second-order valence-electron chi connectivity index (χ2n) is 4.26. The van der Waals surface area contributed by atoms with Gasteiger partial charge in [-0.25, -0.2) is 4.39 Å². The summed E-state index contributed by atoms with van der Waals surface area (Å²) in [5.74, 6) is 0.465. The van der Waals surface area contributed by atoms with Crippen LogP contribution in [0.15, 0.2) is 12.1 Å². The van der Waals surface area contributed by atoms with E-state index in [2.05, 4.69) is 0 Å². The van der Waals surface area contributed by atoms with Gasteiger partial charge in [0.1, 0.15) is 11.6 Å². The number of nitrogens with two attached hydrogens (primary N) is 1. The molecular weight excluding hydrogens is 205 g/mol. The second kappa shape index (κ2) is 5.30. The monoisotopic (exact) mass is 225 g/mol. The molecule has 2 nitrogen and oxygen atoms in total. The molecule has 0 amide bonds. The normalized spacial score (nSPS) is 14.6. The third-order valence-corrected chi connectivity index (χ3v) is 2.68. The lowest BCUT2D eigenvalue weighted by Crippen LogP contribution is -2.14. The smallest absolute Gasteiger partial charge is 0.126 e. The van der Waals surface area contributed by atoms with E-state index in [9.17, 15) is 4.39 Å². The lowest BCUT2D eigenvalue weighted by atomic mass is 10.0. The molecule has 2 atom stereocenters. The number of ether oxygens (including phenoxy) is 1. The Morgan fingerprint density at radius 1 is 1.38 bits per heavy atom. The van der Waals surface area contributed by atoms with E-state index in [-0.39, 0.29) is 18.0 Å². The second-order valence-corrected chi connectivity index (χ2v) is 4.26. The van der Waals surface area contributed by atoms with Gasteiger partial charge in [-0.05, 0) is 44.9 Å². The molecule has 0 saturated carbocycles. The van der Waals surface area contributed by atoms with Crippen molar-refractivity contribution < 1.29 is 9.13 Å². The van der Waals surface area contributed by atoms with Crippen LogP contribution in [-0.2, 0) is 0 Å². The fraction of sp³-hybridized carbons (Fsp3) is 0.538. The molecule has 0 aromatic heterocycles. The zero-order valence-electron chi connectivity index (χ0n) is 10.4. The summed E-state index contributed by atoms with van der Waals surface area (Å²) in [6.45, 7) is 7.59. The Balaban J connectivity index is 3.09. The van der Waals surface area contributed by atoms with Crippen molar-refractivity contribution in [1.82, 2.24) is 0 Å². The van der Waals surface area contributed by atoms with Gasteiger partial charge in [0.2, 0.25) is 0 Å². The van der Waals surface area contributed by atoms with Gasteiger partial charge in [-0.1, -0.05) is 6.92 Å². The predicted molar refractivity (Wildman–Crippen MR) is 64.1 cm³/mol. The van der Waals surface area contributed by atoms with Crippen LogP contribution in [-0.4, -0.2) is 6.10 Å². The molecule has 90 valence electrons. The summed E-state index contributed by atoms with van der Waals surface area (Å²) < 4.78 is 19.2. The van der Waals surface area contributed by atoms with Crippen molar-refractivity contribution in [2.24, 2.45) is 5.73 Å². The fourth-order valence-electron chi connectivity index (χ4n) is 1.43. The van der Waals surface area contributed by atoms with Gasteiger partial charge in [0, 0.05) is 11.6 Å². The molecule has 0 aliphatic carbocycles. The van der Waals surface area contributed by atoms with Crippen LogP contribution in [0.5, 0.6) is 5.75 Å². The summed E-state index contributed by atoms with van der Waals surface area (Å²) in [4.78, 5) is 0. The van der Waals surface area contributed by atoms with Crippen molar-refractivity contribution in [2.75, 3.05) is 0 Å². The Labute approximate surface area is 96.6 Å². The molecule has 1 rings (SSSR count). The van der Waals surface area contributed by atoms with Gasteiger partial charge < -0.3 is 10.5 Å². The SMILES string of the molecule is CCC(C)Oc1cc(C)c(F)cc1C(C)N. The Bertz CT molecular complexity index is 363. The molecule has 0 spiro atoms. The molecule has 0 heterocycles. The zero-order chi connectivity index (χ0) is 12.3. The summed E-state index contributed by atoms with van der Waals surface area (Å²) in [6.07, 6.45) is 1.02. The highest BCUT2D eigenvalue weighted by atomic mass is 19.1. The number of rotatable bonds is 4. The minimum Gasteiger partial charge on any atom is -0.490 e. The molecule has 0 radical (unpaired) electrons. The topological polar surface area (TPSA) is 35.2 Å². The van der Waals surface area contributed by atoms with Crippen LogP contribution in [0.4, 0.5) is 4.39 Å². The summed E-state index contributed by atoms with van der Waals surface area (Å²) in [7, 11) is 0. The van der Waals surface area contributed by atoms with E-state index in [0.29, 0.717) is 11.3 Å². The number of benzene rings is 1. The molecule has 0 fully saturated rings. The quantitative estimate of drug-likeness (QED) is 0.853. The highest BCUT2D eigenvalue weighted by Crippen LogP contribution is 2.28. The maximum Gasteiger partial charge on any atom is 0.126 e. The lowest BCUT2D eigenvalue weighted by Gasteiger charge is -2.19. The van der Waals surface area contributed by atoms with Gasteiger partial charge in [0.05, 0.1) is 6.10 Å². The van der Waals surface area contributed by atoms with E-state index in [1.165, 1.54) is 6.07 Å². The Kier molecular flexibility index (Phi) is 4.30. The predicted octanol–water partition coefficient (Wildman–Crippen LogP) is 3.33. The molecule has 1 aromatic rings. The first-order valence-corrected chi connectivity index (χ1v) is 5.68. The van der Waals surface area contributed by atoms with Crippen LogP contribution in [0, 0.1) is 12.7 Å². The van der Waals surface area contributed by atoms with Gasteiger partial charge >= 0.3 is 0 Å². The highest BCUT2D eigenvalue weighted by Gasteiger charge is 2.13. The standard InChI is InChI=1S/C13H20FNO/c1-5-9(3)16-13-6-8(2)12(14)7-11(13)10(4)15/h6-7,9-10H,5,15H2,1-4H3. The van der Waals surface area contributed by atoms with Crippen LogP contribution >= 0.6 is 0 Å². The largest absolute Gasteiger partial charge is 0.490 e. The molecule has 0 aliphatic rings. The summed E-state index contributed by atoms with van der Waals surface area (Å²) in [6, 6.07) is 2.96. The molecule has 0 bridgehead atoms. The minimum absolute atomic E-state index is 0.113. The summed E-state index contributed by atoms with van der Waals surface area (Å²) in [5.41, 5.74) is 7.12. The third-order valence-electron chi connectivity index (χ3n) is 2.68. The molecule has 2 unspecified atom stereocenters. The van der Waals surface area contributed by atoms with Gasteiger partial charge in [-0.15, -0.1) is 0 Å². The van der Waals surface area contributed by atoms with E-state index in [4.69, 9.17) is 10.5 Å². The first-order chi connectivity index (χ1) is 7.45. The van der Waals surface area contributed by atoms with Crippen molar-refractivity contribution in [1.29, 1.82) is 0 Å². The van der Waals surface area contributed by atoms with Gasteiger partial charge in [-0.2, -0.15) is 0 Å². The van der Waals surface area contributed by atoms with E-state index < -0.39 is 0 Å². The Hall–Kier alpha value is -1.09. The zero-order valence-corrected chi connectivity index (χ0v) is 10.4. The van der Waals surface area contributed by atoms with Crippen molar-refractivity contribution >= 4 is 0 Å². The van der Waals surface area contributed by atoms with Crippen molar-refractivity contribution in [3.8, 4) is 5.75 Å². The molecule has 0 saturated heterocycles. The molecular formula is C13H20FNO. The average Bonchev–Trinajstić information content (AvgIpc) is 2.22. The number of hydrogen-bond donors (Lipinski definition) is 1. The Morgan fingerprint density at radius 2 is 2.00 bits per heavy atom. The van der Waals surface area contributed by atoms with Crippen LogP contribution in [0.2, 0.25) is 0 Å². The molecule has 0 aliphatic heterocycles. The first-order valence-electron chi connectivity index (χ1n) is 5.68. The maximum absolute atomic E-state index is 13.4. The number of aryl methyl sites for hydroxylation is 1. The van der Waals surface area contributed by atoms with Crippen molar-refractivity contribution in [3.63, 3.8) is 0 Å². The van der Waals surface area contributed by atoms with Crippen LogP contribution in [0.1, 0.15) is 44.4 Å². The summed E-state index contributed by atoms with van der Waals surface area (Å²) in [5, 5.41) is 0.